The number of carbonyl (C=O) groups excluding carboxylic acids is 1. The molecule has 0 aromatic rings. The molecular formula is C12H22N2O6. The van der Waals surface area contributed by atoms with Crippen molar-refractivity contribution in [2.75, 3.05) is 40.5 Å². The molecule has 1 fully saturated rings. The topological polar surface area (TPSA) is 108 Å². The van der Waals surface area contributed by atoms with E-state index in [2.05, 4.69) is 5.32 Å². The van der Waals surface area contributed by atoms with Gasteiger partial charge in [-0.15, -0.1) is 0 Å². The average Bonchev–Trinajstić information content (AvgIpc) is 2.39. The minimum Gasteiger partial charge on any atom is -0.480 e. The van der Waals surface area contributed by atoms with Crippen LogP contribution in [0.3, 0.4) is 0 Å². The van der Waals surface area contributed by atoms with Gasteiger partial charge in [0.05, 0.1) is 19.3 Å². The van der Waals surface area contributed by atoms with Crippen molar-refractivity contribution in [3.63, 3.8) is 0 Å². The summed E-state index contributed by atoms with van der Waals surface area (Å²) in [7, 11) is 2.94. The molecule has 0 bridgehead atoms. The Labute approximate surface area is 117 Å². The van der Waals surface area contributed by atoms with Crippen molar-refractivity contribution in [1.29, 1.82) is 0 Å². The van der Waals surface area contributed by atoms with Gasteiger partial charge in [0.25, 0.3) is 0 Å². The van der Waals surface area contributed by atoms with Crippen LogP contribution in [-0.2, 0) is 14.3 Å². The quantitative estimate of drug-likeness (QED) is 0.595. The number of likely N-dealkylation sites (N-methyl/N-ethyl adjacent to an activating group) is 1. The van der Waals surface area contributed by atoms with Gasteiger partial charge in [-0.2, -0.15) is 0 Å². The zero-order valence-electron chi connectivity index (χ0n) is 11.8. The lowest BCUT2D eigenvalue weighted by atomic mass is 9.90. The van der Waals surface area contributed by atoms with Gasteiger partial charge in [-0.25, -0.2) is 9.59 Å². The second-order valence-corrected chi connectivity index (χ2v) is 4.92. The number of rotatable bonds is 6. The Kier molecular flexibility index (Phi) is 6.18. The van der Waals surface area contributed by atoms with Gasteiger partial charge in [-0.3, -0.25) is 0 Å². The van der Waals surface area contributed by atoms with Crippen LogP contribution >= 0.6 is 0 Å². The summed E-state index contributed by atoms with van der Waals surface area (Å²) < 4.78 is 9.90. The molecule has 0 radical (unpaired) electrons. The molecule has 116 valence electrons. The smallest absolute Gasteiger partial charge is 0.329 e. The molecule has 20 heavy (non-hydrogen) atoms. The fourth-order valence-corrected chi connectivity index (χ4v) is 2.06. The lowest BCUT2D eigenvalue weighted by molar-refractivity contribution is -0.148. The third-order valence-electron chi connectivity index (χ3n) is 3.29. The maximum absolute atomic E-state index is 12.0. The van der Waals surface area contributed by atoms with Crippen LogP contribution in [0.1, 0.15) is 12.8 Å². The Morgan fingerprint density at radius 1 is 1.45 bits per heavy atom. The number of aliphatic carboxylic acids is 1. The van der Waals surface area contributed by atoms with E-state index >= 15 is 0 Å². The van der Waals surface area contributed by atoms with Gasteiger partial charge >= 0.3 is 12.0 Å². The van der Waals surface area contributed by atoms with Crippen molar-refractivity contribution >= 4 is 12.0 Å². The zero-order chi connectivity index (χ0) is 15.2. The minimum atomic E-state index is -1.30. The standard InChI is InChI=1S/C12H22N2O6/c1-14(7-9(15)8-19-2)11(18)13-12(10(16)17)3-5-20-6-4-12/h9,15H,3-8H2,1-2H3,(H,13,18)(H,16,17). The van der Waals surface area contributed by atoms with Crippen LogP contribution < -0.4 is 5.32 Å². The Bertz CT molecular complexity index is 343. The number of methoxy groups -OCH3 is 1. The summed E-state index contributed by atoms with van der Waals surface area (Å²) in [6.07, 6.45) is -0.364. The molecule has 8 nitrogen and oxygen atoms in total. The molecule has 2 amide bonds. The van der Waals surface area contributed by atoms with Gasteiger partial charge < -0.3 is 29.9 Å². The number of aliphatic hydroxyl groups is 1. The number of urea groups is 1. The Morgan fingerprint density at radius 3 is 2.55 bits per heavy atom. The molecule has 8 heteroatoms. The van der Waals surface area contributed by atoms with Crippen molar-refractivity contribution < 1.29 is 29.3 Å². The molecule has 1 rings (SSSR count). The van der Waals surface area contributed by atoms with E-state index in [1.165, 1.54) is 19.1 Å². The summed E-state index contributed by atoms with van der Waals surface area (Å²) in [5.74, 6) is -1.07. The molecule has 0 aromatic carbocycles. The van der Waals surface area contributed by atoms with Gasteiger partial charge in [-0.1, -0.05) is 0 Å². The second-order valence-electron chi connectivity index (χ2n) is 4.92. The van der Waals surface area contributed by atoms with E-state index in [1.54, 1.807) is 0 Å². The number of carbonyl (C=O) groups is 2. The number of amides is 2. The maximum Gasteiger partial charge on any atom is 0.329 e. The second kappa shape index (κ2) is 7.41. The summed E-state index contributed by atoms with van der Waals surface area (Å²) in [6.45, 7) is 0.757. The third-order valence-corrected chi connectivity index (χ3v) is 3.29. The van der Waals surface area contributed by atoms with E-state index in [-0.39, 0.29) is 26.0 Å². The molecule has 0 saturated carbocycles. The number of ether oxygens (including phenoxy) is 2. The summed E-state index contributed by atoms with van der Waals surface area (Å²) in [5.41, 5.74) is -1.30. The van der Waals surface area contributed by atoms with Crippen molar-refractivity contribution in [3.8, 4) is 0 Å². The summed E-state index contributed by atoms with van der Waals surface area (Å²) in [6, 6.07) is -0.538. The Balaban J connectivity index is 2.59. The number of hydrogen-bond acceptors (Lipinski definition) is 5. The first-order valence-corrected chi connectivity index (χ1v) is 6.42. The Morgan fingerprint density at radius 2 is 2.05 bits per heavy atom. The van der Waals surface area contributed by atoms with Gasteiger partial charge in [0, 0.05) is 40.2 Å². The van der Waals surface area contributed by atoms with Crippen LogP contribution in [0.15, 0.2) is 0 Å². The molecule has 1 heterocycles. The van der Waals surface area contributed by atoms with Crippen LogP contribution in [0.5, 0.6) is 0 Å². The first kappa shape index (κ1) is 16.7. The number of aliphatic hydroxyl groups excluding tert-OH is 1. The number of nitrogens with zero attached hydrogens (tertiary/aromatic N) is 1. The van der Waals surface area contributed by atoms with E-state index in [9.17, 15) is 19.8 Å². The van der Waals surface area contributed by atoms with Crippen LogP contribution in [0, 0.1) is 0 Å². The highest BCUT2D eigenvalue weighted by Crippen LogP contribution is 2.21. The molecule has 3 N–H and O–H groups in total. The highest BCUT2D eigenvalue weighted by Gasteiger charge is 2.42. The monoisotopic (exact) mass is 290 g/mol. The predicted molar refractivity (Wildman–Crippen MR) is 69.5 cm³/mol. The van der Waals surface area contributed by atoms with E-state index in [0.717, 1.165) is 0 Å². The number of carboxylic acids is 1. The molecular weight excluding hydrogens is 268 g/mol. The van der Waals surface area contributed by atoms with E-state index in [4.69, 9.17) is 9.47 Å². The lowest BCUT2D eigenvalue weighted by Crippen LogP contribution is -2.60. The Hall–Kier alpha value is -1.38. The normalized spacial score (nSPS) is 19.1. The molecule has 0 aromatic heterocycles. The van der Waals surface area contributed by atoms with Crippen LogP contribution in [0.2, 0.25) is 0 Å². The minimum absolute atomic E-state index is 0.0614. The highest BCUT2D eigenvalue weighted by atomic mass is 16.5. The van der Waals surface area contributed by atoms with E-state index in [1.807, 2.05) is 0 Å². The van der Waals surface area contributed by atoms with Gasteiger partial charge in [0.2, 0.25) is 0 Å². The van der Waals surface area contributed by atoms with Crippen LogP contribution in [0.25, 0.3) is 0 Å². The van der Waals surface area contributed by atoms with Gasteiger partial charge in [-0.05, 0) is 0 Å². The van der Waals surface area contributed by atoms with E-state index in [0.29, 0.717) is 13.2 Å². The summed E-state index contributed by atoms with van der Waals surface area (Å²) in [5, 5.41) is 21.4. The lowest BCUT2D eigenvalue weighted by Gasteiger charge is -2.35. The first-order valence-electron chi connectivity index (χ1n) is 6.42. The fraction of sp³-hybridized carbons (Fsp3) is 0.833. The fourth-order valence-electron chi connectivity index (χ4n) is 2.06. The average molecular weight is 290 g/mol. The maximum atomic E-state index is 12.0. The van der Waals surface area contributed by atoms with Crippen molar-refractivity contribution in [2.24, 2.45) is 0 Å². The molecule has 1 aliphatic heterocycles. The molecule has 1 atom stereocenters. The highest BCUT2D eigenvalue weighted by molar-refractivity contribution is 5.86. The molecule has 1 saturated heterocycles. The first-order chi connectivity index (χ1) is 9.41. The summed E-state index contributed by atoms with van der Waals surface area (Å²) in [4.78, 5) is 24.7. The SMILES string of the molecule is COCC(O)CN(C)C(=O)NC1(C(=O)O)CCOCC1. The predicted octanol–water partition coefficient (Wildman–Crippen LogP) is -0.731. The molecule has 1 aliphatic rings. The van der Waals surface area contributed by atoms with Crippen molar-refractivity contribution in [2.45, 2.75) is 24.5 Å². The van der Waals surface area contributed by atoms with Gasteiger partial charge in [0.15, 0.2) is 0 Å². The van der Waals surface area contributed by atoms with Crippen molar-refractivity contribution in [3.05, 3.63) is 0 Å². The van der Waals surface area contributed by atoms with Crippen molar-refractivity contribution in [1.82, 2.24) is 10.2 Å². The van der Waals surface area contributed by atoms with Crippen LogP contribution in [0.4, 0.5) is 4.79 Å². The summed E-state index contributed by atoms with van der Waals surface area (Å²) >= 11 is 0. The number of nitrogens with one attached hydrogen (secondary N) is 1. The zero-order valence-corrected chi connectivity index (χ0v) is 11.8. The van der Waals surface area contributed by atoms with Gasteiger partial charge in [0.1, 0.15) is 5.54 Å². The molecule has 0 aliphatic carbocycles. The largest absolute Gasteiger partial charge is 0.480 e. The van der Waals surface area contributed by atoms with E-state index < -0.39 is 23.6 Å². The molecule has 0 spiro atoms. The number of carboxylic acid groups (broad SMARTS) is 1. The molecule has 1 unspecified atom stereocenters. The third kappa shape index (κ3) is 4.32. The number of hydrogen-bond donors (Lipinski definition) is 3. The van der Waals surface area contributed by atoms with Crippen LogP contribution in [-0.4, -0.2) is 79.3 Å².